The van der Waals surface area contributed by atoms with Gasteiger partial charge in [-0.3, -0.25) is 4.79 Å². The van der Waals surface area contributed by atoms with Gasteiger partial charge >= 0.3 is 0 Å². The molecule has 0 aliphatic rings. The van der Waals surface area contributed by atoms with Gasteiger partial charge in [-0.15, -0.1) is 10.2 Å². The molecule has 0 radical (unpaired) electrons. The molecule has 6 heteroatoms. The lowest BCUT2D eigenvalue weighted by molar-refractivity contribution is 0.0948. The molecule has 0 saturated carbocycles. The number of carbonyl (C=O) groups is 1. The van der Waals surface area contributed by atoms with Gasteiger partial charge in [-0.2, -0.15) is 0 Å². The Morgan fingerprint density at radius 1 is 1.00 bits per heavy atom. The van der Waals surface area contributed by atoms with Crippen molar-refractivity contribution in [2.75, 3.05) is 11.9 Å². The van der Waals surface area contributed by atoms with Crippen molar-refractivity contribution >= 4 is 11.7 Å². The zero-order valence-electron chi connectivity index (χ0n) is 15.0. The molecule has 1 aromatic heterocycles. The fourth-order valence-corrected chi connectivity index (χ4v) is 2.64. The average Bonchev–Trinajstić information content (AvgIpc) is 2.70. The molecule has 1 heterocycles. The molecule has 138 valence electrons. The van der Waals surface area contributed by atoms with Crippen LogP contribution in [0.5, 0.6) is 0 Å². The van der Waals surface area contributed by atoms with Gasteiger partial charge in [-0.1, -0.05) is 42.5 Å². The highest BCUT2D eigenvalue weighted by Gasteiger charge is 2.10. The molecular formula is C21H21FN4O. The van der Waals surface area contributed by atoms with E-state index in [2.05, 4.69) is 20.8 Å². The summed E-state index contributed by atoms with van der Waals surface area (Å²) < 4.78 is 12.9. The zero-order valence-corrected chi connectivity index (χ0v) is 15.0. The maximum Gasteiger partial charge on any atom is 0.271 e. The molecule has 0 spiro atoms. The summed E-state index contributed by atoms with van der Waals surface area (Å²) in [7, 11) is 0. The number of rotatable bonds is 7. The molecule has 2 N–H and O–H groups in total. The molecule has 1 unspecified atom stereocenters. The monoisotopic (exact) mass is 364 g/mol. The van der Waals surface area contributed by atoms with Gasteiger partial charge in [0.1, 0.15) is 11.6 Å². The van der Waals surface area contributed by atoms with Gasteiger partial charge in [-0.25, -0.2) is 4.39 Å². The van der Waals surface area contributed by atoms with E-state index in [1.54, 1.807) is 24.3 Å². The lowest BCUT2D eigenvalue weighted by atomic mass is 10.1. The first-order valence-electron chi connectivity index (χ1n) is 8.79. The number of anilines is 1. The Bertz CT molecular complexity index is 867. The first-order chi connectivity index (χ1) is 13.1. The van der Waals surface area contributed by atoms with Crippen molar-refractivity contribution in [2.45, 2.75) is 19.4 Å². The summed E-state index contributed by atoms with van der Waals surface area (Å²) >= 11 is 0. The van der Waals surface area contributed by atoms with E-state index in [4.69, 9.17) is 0 Å². The second-order valence-electron chi connectivity index (χ2n) is 6.21. The zero-order chi connectivity index (χ0) is 19.1. The van der Waals surface area contributed by atoms with Crippen LogP contribution in [0.4, 0.5) is 10.2 Å². The SMILES string of the molecule is CC(Nc1ccc(C(=O)NCCc2ccc(F)cc2)nn1)c1ccccc1. The molecule has 0 aliphatic heterocycles. The number of aromatic nitrogens is 2. The van der Waals surface area contributed by atoms with E-state index in [1.165, 1.54) is 12.1 Å². The Balaban J connectivity index is 1.50. The summed E-state index contributed by atoms with van der Waals surface area (Å²) in [5.74, 6) is 0.0508. The Morgan fingerprint density at radius 2 is 1.74 bits per heavy atom. The molecular weight excluding hydrogens is 343 g/mol. The molecule has 2 aromatic carbocycles. The predicted molar refractivity (Wildman–Crippen MR) is 103 cm³/mol. The van der Waals surface area contributed by atoms with Crippen LogP contribution >= 0.6 is 0 Å². The van der Waals surface area contributed by atoms with Crippen LogP contribution in [0.25, 0.3) is 0 Å². The number of benzene rings is 2. The summed E-state index contributed by atoms with van der Waals surface area (Å²) in [4.78, 5) is 12.1. The summed E-state index contributed by atoms with van der Waals surface area (Å²) in [6.07, 6.45) is 0.619. The molecule has 1 amide bonds. The second kappa shape index (κ2) is 8.89. The molecule has 27 heavy (non-hydrogen) atoms. The first-order valence-corrected chi connectivity index (χ1v) is 8.79. The summed E-state index contributed by atoms with van der Waals surface area (Å²) in [5, 5.41) is 14.1. The van der Waals surface area contributed by atoms with E-state index in [0.29, 0.717) is 18.8 Å². The maximum atomic E-state index is 12.9. The molecule has 5 nitrogen and oxygen atoms in total. The van der Waals surface area contributed by atoms with E-state index < -0.39 is 0 Å². The second-order valence-corrected chi connectivity index (χ2v) is 6.21. The molecule has 0 bridgehead atoms. The quantitative estimate of drug-likeness (QED) is 0.670. The van der Waals surface area contributed by atoms with E-state index in [-0.39, 0.29) is 23.5 Å². The van der Waals surface area contributed by atoms with Crippen LogP contribution in [0.3, 0.4) is 0 Å². The number of hydrogen-bond acceptors (Lipinski definition) is 4. The minimum atomic E-state index is -0.285. The van der Waals surface area contributed by atoms with Crippen molar-refractivity contribution in [1.29, 1.82) is 0 Å². The summed E-state index contributed by atoms with van der Waals surface area (Å²) in [6.45, 7) is 2.48. The minimum absolute atomic E-state index is 0.0795. The maximum absolute atomic E-state index is 12.9. The van der Waals surface area contributed by atoms with Crippen molar-refractivity contribution < 1.29 is 9.18 Å². The van der Waals surface area contributed by atoms with Crippen molar-refractivity contribution in [1.82, 2.24) is 15.5 Å². The fourth-order valence-electron chi connectivity index (χ4n) is 2.64. The smallest absolute Gasteiger partial charge is 0.271 e. The molecule has 0 saturated heterocycles. The number of nitrogens with one attached hydrogen (secondary N) is 2. The van der Waals surface area contributed by atoms with Crippen molar-refractivity contribution in [3.63, 3.8) is 0 Å². The Labute approximate surface area is 157 Å². The standard InChI is InChI=1S/C21H21FN4O/c1-15(17-5-3-2-4-6-17)24-20-12-11-19(25-26-20)21(27)23-14-13-16-7-9-18(22)10-8-16/h2-12,15H,13-14H2,1H3,(H,23,27)(H,24,26). The number of amides is 1. The largest absolute Gasteiger partial charge is 0.362 e. The van der Waals surface area contributed by atoms with E-state index in [9.17, 15) is 9.18 Å². The Hall–Kier alpha value is -3.28. The fraction of sp³-hybridized carbons (Fsp3) is 0.190. The average molecular weight is 364 g/mol. The van der Waals surface area contributed by atoms with Gasteiger partial charge in [0.05, 0.1) is 0 Å². The van der Waals surface area contributed by atoms with E-state index in [1.807, 2.05) is 37.3 Å². The predicted octanol–water partition coefficient (Wildman–Crippen LogP) is 3.76. The van der Waals surface area contributed by atoms with Gasteiger partial charge in [0, 0.05) is 12.6 Å². The summed E-state index contributed by atoms with van der Waals surface area (Å²) in [5.41, 5.74) is 2.35. The Kier molecular flexibility index (Phi) is 6.10. The van der Waals surface area contributed by atoms with Crippen LogP contribution in [-0.2, 0) is 6.42 Å². The van der Waals surface area contributed by atoms with Crippen LogP contribution in [0.1, 0.15) is 34.6 Å². The highest BCUT2D eigenvalue weighted by molar-refractivity contribution is 5.92. The Morgan fingerprint density at radius 3 is 2.41 bits per heavy atom. The lowest BCUT2D eigenvalue weighted by Gasteiger charge is -2.14. The summed E-state index contributed by atoms with van der Waals surface area (Å²) in [6, 6.07) is 19.7. The molecule has 3 aromatic rings. The van der Waals surface area contributed by atoms with Crippen molar-refractivity contribution in [3.8, 4) is 0 Å². The van der Waals surface area contributed by atoms with Crippen LogP contribution < -0.4 is 10.6 Å². The number of carbonyl (C=O) groups excluding carboxylic acids is 1. The van der Waals surface area contributed by atoms with Gasteiger partial charge in [0.25, 0.3) is 5.91 Å². The van der Waals surface area contributed by atoms with Crippen LogP contribution in [0, 0.1) is 5.82 Å². The third-order valence-corrected chi connectivity index (χ3v) is 4.17. The topological polar surface area (TPSA) is 66.9 Å². The normalized spacial score (nSPS) is 11.6. The number of hydrogen-bond donors (Lipinski definition) is 2. The highest BCUT2D eigenvalue weighted by atomic mass is 19.1. The molecule has 0 fully saturated rings. The van der Waals surface area contributed by atoms with E-state index >= 15 is 0 Å². The lowest BCUT2D eigenvalue weighted by Crippen LogP contribution is -2.26. The van der Waals surface area contributed by atoms with Crippen LogP contribution in [0.2, 0.25) is 0 Å². The minimum Gasteiger partial charge on any atom is -0.362 e. The van der Waals surface area contributed by atoms with Gasteiger partial charge < -0.3 is 10.6 Å². The van der Waals surface area contributed by atoms with E-state index in [0.717, 1.165) is 11.1 Å². The third kappa shape index (κ3) is 5.34. The highest BCUT2D eigenvalue weighted by Crippen LogP contribution is 2.16. The molecule has 0 aliphatic carbocycles. The molecule has 1 atom stereocenters. The van der Waals surface area contributed by atoms with Crippen molar-refractivity contribution in [3.05, 3.63) is 89.4 Å². The van der Waals surface area contributed by atoms with Gasteiger partial charge in [0.15, 0.2) is 5.69 Å². The third-order valence-electron chi connectivity index (χ3n) is 4.17. The number of nitrogens with zero attached hydrogens (tertiary/aromatic N) is 2. The van der Waals surface area contributed by atoms with Gasteiger partial charge in [-0.05, 0) is 48.7 Å². The van der Waals surface area contributed by atoms with Gasteiger partial charge in [0.2, 0.25) is 0 Å². The molecule has 3 rings (SSSR count). The number of halogens is 1. The van der Waals surface area contributed by atoms with Crippen LogP contribution in [-0.4, -0.2) is 22.6 Å². The first kappa shape index (κ1) is 18.5. The van der Waals surface area contributed by atoms with Crippen molar-refractivity contribution in [2.24, 2.45) is 0 Å². The van der Waals surface area contributed by atoms with Crippen LogP contribution in [0.15, 0.2) is 66.7 Å².